The molecule has 1 aromatic carbocycles. The summed E-state index contributed by atoms with van der Waals surface area (Å²) in [5.41, 5.74) is -0.592. The van der Waals surface area contributed by atoms with Crippen LogP contribution in [0.25, 0.3) is 0 Å². The maximum absolute atomic E-state index is 11.4. The highest BCUT2D eigenvalue weighted by Crippen LogP contribution is 2.34. The number of non-ortho nitro benzene ring substituents is 1. The van der Waals surface area contributed by atoms with E-state index in [1.54, 1.807) is 18.3 Å². The monoisotopic (exact) mass is 422 g/mol. The van der Waals surface area contributed by atoms with Crippen molar-refractivity contribution >= 4 is 11.6 Å². The molecule has 0 bridgehead atoms. The minimum absolute atomic E-state index is 0. The van der Waals surface area contributed by atoms with Crippen LogP contribution in [0.5, 0.6) is 0 Å². The van der Waals surface area contributed by atoms with E-state index in [0.717, 1.165) is 31.6 Å². The van der Waals surface area contributed by atoms with Crippen LogP contribution in [0.4, 0.5) is 11.6 Å². The van der Waals surface area contributed by atoms with Crippen LogP contribution in [0, 0.1) is 10.1 Å². The van der Waals surface area contributed by atoms with Crippen molar-refractivity contribution in [2.45, 2.75) is 44.9 Å². The number of nitrogens with zero attached hydrogens (tertiary/aromatic N) is 4. The molecule has 0 saturated carbocycles. The average molecular weight is 423 g/mol. The van der Waals surface area contributed by atoms with Crippen molar-refractivity contribution in [3.63, 3.8) is 0 Å². The summed E-state index contributed by atoms with van der Waals surface area (Å²) in [7, 11) is 0. The molecule has 2 heterocycles. The first kappa shape index (κ1) is 20.3. The lowest BCUT2D eigenvalue weighted by atomic mass is 10.0. The fraction of sp³-hybridized carbons (Fsp3) is 0.444. The number of hydrogen-bond acceptors (Lipinski definition) is 5. The van der Waals surface area contributed by atoms with Gasteiger partial charge < -0.3 is 22.1 Å². The maximum atomic E-state index is 11.4. The van der Waals surface area contributed by atoms with Crippen molar-refractivity contribution < 1.29 is 31.6 Å². The molecule has 8 heteroatoms. The number of aliphatic hydroxyl groups is 1. The van der Waals surface area contributed by atoms with Gasteiger partial charge in [0.2, 0.25) is 5.72 Å². The summed E-state index contributed by atoms with van der Waals surface area (Å²) in [5, 5.41) is 22.3. The number of benzene rings is 1. The standard InChI is InChI=1S/C18H23N4O3.BrH/c1-2-3-4-5-13-21-17-19-11-6-12-20(17)14-18(21,23)15-7-9-16(10-8-15)22(24)25;/h6-12,23H,2-5,13-14H2,1H3;1H/q+1;/p-1. The van der Waals surface area contributed by atoms with E-state index in [2.05, 4.69) is 11.9 Å². The van der Waals surface area contributed by atoms with E-state index in [-0.39, 0.29) is 22.7 Å². The van der Waals surface area contributed by atoms with Crippen LogP contribution in [0.2, 0.25) is 0 Å². The summed E-state index contributed by atoms with van der Waals surface area (Å²) in [6.07, 6.45) is 7.97. The van der Waals surface area contributed by atoms with Gasteiger partial charge in [-0.2, -0.15) is 0 Å². The molecule has 3 rings (SSSR count). The zero-order valence-electron chi connectivity index (χ0n) is 14.7. The van der Waals surface area contributed by atoms with Crippen molar-refractivity contribution in [1.82, 2.24) is 4.98 Å². The summed E-state index contributed by atoms with van der Waals surface area (Å²) in [6, 6.07) is 7.96. The molecule has 1 N–H and O–H groups in total. The van der Waals surface area contributed by atoms with Crippen molar-refractivity contribution in [2.75, 3.05) is 11.4 Å². The Morgan fingerprint density at radius 3 is 2.69 bits per heavy atom. The van der Waals surface area contributed by atoms with Gasteiger partial charge in [-0.1, -0.05) is 31.2 Å². The van der Waals surface area contributed by atoms with Gasteiger partial charge in [0, 0.05) is 23.8 Å². The van der Waals surface area contributed by atoms with Crippen molar-refractivity contribution in [2.24, 2.45) is 0 Å². The molecular formula is C18H23BrN4O3. The second kappa shape index (κ2) is 8.55. The molecule has 1 atom stereocenters. The maximum Gasteiger partial charge on any atom is 0.396 e. The Morgan fingerprint density at radius 2 is 2.04 bits per heavy atom. The first-order valence-corrected chi connectivity index (χ1v) is 8.65. The number of aromatic nitrogens is 2. The number of fused-ring (bicyclic) bond motifs is 1. The van der Waals surface area contributed by atoms with Crippen molar-refractivity contribution in [3.05, 3.63) is 58.4 Å². The van der Waals surface area contributed by atoms with Gasteiger partial charge in [-0.25, -0.2) is 9.47 Å². The Bertz CT molecular complexity index is 756. The molecule has 1 aromatic heterocycles. The van der Waals surface area contributed by atoms with E-state index in [4.69, 9.17) is 0 Å². The van der Waals surface area contributed by atoms with Crippen molar-refractivity contribution in [1.29, 1.82) is 0 Å². The smallest absolute Gasteiger partial charge is 0.396 e. The number of rotatable bonds is 7. The second-order valence-electron chi connectivity index (χ2n) is 6.38. The second-order valence-corrected chi connectivity index (χ2v) is 6.38. The zero-order chi connectivity index (χ0) is 17.9. The molecule has 1 unspecified atom stereocenters. The summed E-state index contributed by atoms with van der Waals surface area (Å²) in [5.74, 6) is 0.722. The SMILES string of the molecule is CCCCCCN1c2nccc[n+]2CC1(O)c1ccc([N+](=O)[O-])cc1.[Br-]. The van der Waals surface area contributed by atoms with Gasteiger partial charge in [0.1, 0.15) is 12.7 Å². The molecule has 0 saturated heterocycles. The number of anilines is 1. The van der Waals surface area contributed by atoms with Crippen LogP contribution in [-0.2, 0) is 12.3 Å². The van der Waals surface area contributed by atoms with Gasteiger partial charge in [0.25, 0.3) is 5.69 Å². The van der Waals surface area contributed by atoms with Gasteiger partial charge in [-0.3, -0.25) is 10.1 Å². The molecule has 7 nitrogen and oxygen atoms in total. The van der Waals surface area contributed by atoms with Crippen molar-refractivity contribution in [3.8, 4) is 0 Å². The highest BCUT2D eigenvalue weighted by Gasteiger charge is 2.51. The Hall–Kier alpha value is -2.06. The molecule has 0 fully saturated rings. The van der Waals surface area contributed by atoms with Crippen LogP contribution in [0.1, 0.15) is 38.2 Å². The van der Waals surface area contributed by atoms with E-state index < -0.39 is 10.6 Å². The predicted octanol–water partition coefficient (Wildman–Crippen LogP) is -0.473. The van der Waals surface area contributed by atoms with Gasteiger partial charge in [-0.15, -0.1) is 0 Å². The third-order valence-electron chi connectivity index (χ3n) is 4.65. The Labute approximate surface area is 163 Å². The molecule has 0 amide bonds. The average Bonchev–Trinajstić information content (AvgIpc) is 2.91. The molecule has 0 radical (unpaired) electrons. The Morgan fingerprint density at radius 1 is 1.31 bits per heavy atom. The highest BCUT2D eigenvalue weighted by atomic mass is 79.9. The molecule has 26 heavy (non-hydrogen) atoms. The summed E-state index contributed by atoms with van der Waals surface area (Å²) in [6.45, 7) is 3.20. The number of halogens is 1. The molecular weight excluding hydrogens is 400 g/mol. The quantitative estimate of drug-likeness (QED) is 0.282. The van der Waals surface area contributed by atoms with Crippen LogP contribution in [-0.4, -0.2) is 21.6 Å². The summed E-state index contributed by atoms with van der Waals surface area (Å²) < 4.78 is 1.92. The minimum Gasteiger partial charge on any atom is -1.00 e. The molecule has 0 spiro atoms. The topological polar surface area (TPSA) is 83.4 Å². The molecule has 1 aliphatic rings. The lowest BCUT2D eigenvalue weighted by molar-refractivity contribution is -0.685. The van der Waals surface area contributed by atoms with Gasteiger partial charge in [0.05, 0.1) is 17.7 Å². The van der Waals surface area contributed by atoms with Gasteiger partial charge in [-0.05, 0) is 18.6 Å². The third kappa shape index (κ3) is 3.86. The fourth-order valence-corrected chi connectivity index (χ4v) is 3.31. The number of unbranched alkanes of at least 4 members (excludes halogenated alkanes) is 3. The van der Waals surface area contributed by atoms with Crippen LogP contribution in [0.3, 0.4) is 0 Å². The van der Waals surface area contributed by atoms with E-state index in [1.165, 1.54) is 12.1 Å². The van der Waals surface area contributed by atoms with Gasteiger partial charge >= 0.3 is 5.95 Å². The highest BCUT2D eigenvalue weighted by molar-refractivity contribution is 5.41. The molecule has 0 aliphatic carbocycles. The predicted molar refractivity (Wildman–Crippen MR) is 92.9 cm³/mol. The number of hydrogen-bond donors (Lipinski definition) is 1. The van der Waals surface area contributed by atoms with Crippen LogP contribution < -0.4 is 26.4 Å². The summed E-state index contributed by atoms with van der Waals surface area (Å²) in [4.78, 5) is 16.8. The largest absolute Gasteiger partial charge is 1.00 e. The van der Waals surface area contributed by atoms with E-state index >= 15 is 0 Å². The fourth-order valence-electron chi connectivity index (χ4n) is 3.31. The Balaban J connectivity index is 0.00000243. The summed E-state index contributed by atoms with van der Waals surface area (Å²) >= 11 is 0. The van der Waals surface area contributed by atoms with E-state index in [0.29, 0.717) is 18.7 Å². The van der Waals surface area contributed by atoms with Crippen LogP contribution in [0.15, 0.2) is 42.7 Å². The first-order valence-electron chi connectivity index (χ1n) is 8.65. The number of nitro groups is 1. The zero-order valence-corrected chi connectivity index (χ0v) is 16.3. The minimum atomic E-state index is -1.25. The van der Waals surface area contributed by atoms with E-state index in [9.17, 15) is 15.2 Å². The van der Waals surface area contributed by atoms with E-state index in [1.807, 2.05) is 21.7 Å². The molecule has 140 valence electrons. The van der Waals surface area contributed by atoms with Crippen LogP contribution >= 0.6 is 0 Å². The normalized spacial score (nSPS) is 18.3. The van der Waals surface area contributed by atoms with Gasteiger partial charge in [0.15, 0.2) is 0 Å². The molecule has 1 aliphatic heterocycles. The first-order chi connectivity index (χ1) is 12.1. The number of nitro benzene ring substituents is 1. The Kier molecular flexibility index (Phi) is 6.66. The molecule has 2 aromatic rings. The third-order valence-corrected chi connectivity index (χ3v) is 4.65. The lowest BCUT2D eigenvalue weighted by Crippen LogP contribution is -3.00. The lowest BCUT2D eigenvalue weighted by Gasteiger charge is -2.28.